The number of nitrogens with zero attached hydrogens (tertiary/aromatic N) is 1. The molecule has 100 valence electrons. The zero-order chi connectivity index (χ0) is 13.0. The van der Waals surface area contributed by atoms with E-state index >= 15 is 0 Å². The van der Waals surface area contributed by atoms with Crippen molar-refractivity contribution in [2.24, 2.45) is 0 Å². The topological polar surface area (TPSA) is 35.5 Å². The summed E-state index contributed by atoms with van der Waals surface area (Å²) in [5.74, 6) is 0.462. The Bertz CT molecular complexity index is 390. The standard InChI is InChI=1S/C15H24N2O/c1-17(2)11-4-3-10-16-14-9-8-13-12(14)6-5-7-15(13)18/h5-7,14,16,18H,3-4,8-11H2,1-2H3. The van der Waals surface area contributed by atoms with Gasteiger partial charge in [0.25, 0.3) is 0 Å². The molecule has 0 heterocycles. The van der Waals surface area contributed by atoms with Crippen LogP contribution in [0, 0.1) is 0 Å². The van der Waals surface area contributed by atoms with Crippen LogP contribution in [0.5, 0.6) is 5.75 Å². The minimum atomic E-state index is 0.437. The molecule has 0 fully saturated rings. The van der Waals surface area contributed by atoms with Crippen molar-refractivity contribution in [3.8, 4) is 5.75 Å². The van der Waals surface area contributed by atoms with Gasteiger partial charge in [0, 0.05) is 6.04 Å². The highest BCUT2D eigenvalue weighted by Crippen LogP contribution is 2.36. The monoisotopic (exact) mass is 248 g/mol. The van der Waals surface area contributed by atoms with Gasteiger partial charge in [-0.25, -0.2) is 0 Å². The molecule has 3 heteroatoms. The predicted molar refractivity (Wildman–Crippen MR) is 75.0 cm³/mol. The van der Waals surface area contributed by atoms with Gasteiger partial charge >= 0.3 is 0 Å². The second-order valence-corrected chi connectivity index (χ2v) is 5.40. The Hall–Kier alpha value is -1.06. The molecule has 0 aliphatic heterocycles. The van der Waals surface area contributed by atoms with Gasteiger partial charge < -0.3 is 15.3 Å². The van der Waals surface area contributed by atoms with Crippen molar-refractivity contribution in [1.29, 1.82) is 0 Å². The van der Waals surface area contributed by atoms with Crippen molar-refractivity contribution in [2.45, 2.75) is 31.7 Å². The highest BCUT2D eigenvalue weighted by Gasteiger charge is 2.23. The first-order valence-corrected chi connectivity index (χ1v) is 6.87. The van der Waals surface area contributed by atoms with Gasteiger partial charge in [0.1, 0.15) is 5.75 Å². The highest BCUT2D eigenvalue weighted by atomic mass is 16.3. The van der Waals surface area contributed by atoms with Gasteiger partial charge in [0.15, 0.2) is 0 Å². The lowest BCUT2D eigenvalue weighted by molar-refractivity contribution is 0.387. The Morgan fingerprint density at radius 3 is 2.94 bits per heavy atom. The maximum absolute atomic E-state index is 9.79. The fraction of sp³-hybridized carbons (Fsp3) is 0.600. The average molecular weight is 248 g/mol. The molecule has 1 aliphatic carbocycles. The maximum Gasteiger partial charge on any atom is 0.119 e. The number of nitrogens with one attached hydrogen (secondary N) is 1. The molecule has 18 heavy (non-hydrogen) atoms. The van der Waals surface area contributed by atoms with Gasteiger partial charge in [-0.2, -0.15) is 0 Å². The Morgan fingerprint density at radius 1 is 1.33 bits per heavy atom. The molecule has 3 nitrogen and oxygen atoms in total. The van der Waals surface area contributed by atoms with Crippen LogP contribution in [0.2, 0.25) is 0 Å². The first kappa shape index (κ1) is 13.4. The Labute approximate surface area is 110 Å². The van der Waals surface area contributed by atoms with Gasteiger partial charge in [-0.15, -0.1) is 0 Å². The number of hydrogen-bond donors (Lipinski definition) is 2. The second kappa shape index (κ2) is 6.21. The number of phenolic OH excluding ortho intramolecular Hbond substituents is 1. The molecule has 0 bridgehead atoms. The number of rotatable bonds is 6. The normalized spacial score (nSPS) is 18.3. The molecule has 1 unspecified atom stereocenters. The Kier molecular flexibility index (Phi) is 4.61. The molecule has 1 aromatic carbocycles. The fourth-order valence-corrected chi connectivity index (χ4v) is 2.68. The first-order chi connectivity index (χ1) is 8.68. The molecule has 2 rings (SSSR count). The summed E-state index contributed by atoms with van der Waals surface area (Å²) in [6.07, 6.45) is 4.56. The van der Waals surface area contributed by atoms with Gasteiger partial charge in [-0.3, -0.25) is 0 Å². The van der Waals surface area contributed by atoms with Crippen LogP contribution in [0.3, 0.4) is 0 Å². The van der Waals surface area contributed by atoms with Crippen LogP contribution in [0.15, 0.2) is 18.2 Å². The molecule has 0 radical (unpaired) electrons. The van der Waals surface area contributed by atoms with E-state index < -0.39 is 0 Å². The third kappa shape index (κ3) is 3.24. The minimum Gasteiger partial charge on any atom is -0.508 e. The summed E-state index contributed by atoms with van der Waals surface area (Å²) in [4.78, 5) is 2.23. The first-order valence-electron chi connectivity index (χ1n) is 6.87. The van der Waals surface area contributed by atoms with Crippen LogP contribution < -0.4 is 5.32 Å². The van der Waals surface area contributed by atoms with Crippen LogP contribution in [0.25, 0.3) is 0 Å². The van der Waals surface area contributed by atoms with E-state index in [1.165, 1.54) is 18.4 Å². The largest absolute Gasteiger partial charge is 0.508 e. The van der Waals surface area contributed by atoms with Crippen molar-refractivity contribution in [2.75, 3.05) is 27.2 Å². The quantitative estimate of drug-likeness (QED) is 0.758. The number of aromatic hydroxyl groups is 1. The number of phenols is 1. The molecule has 2 N–H and O–H groups in total. The molecule has 0 aromatic heterocycles. The smallest absolute Gasteiger partial charge is 0.119 e. The summed E-state index contributed by atoms with van der Waals surface area (Å²) in [6, 6.07) is 6.31. The van der Waals surface area contributed by atoms with Gasteiger partial charge in [0.2, 0.25) is 0 Å². The number of unbranched alkanes of at least 4 members (excludes halogenated alkanes) is 1. The molecule has 0 amide bonds. The zero-order valence-corrected chi connectivity index (χ0v) is 11.4. The summed E-state index contributed by atoms with van der Waals surface area (Å²) in [6.45, 7) is 2.22. The minimum absolute atomic E-state index is 0.437. The van der Waals surface area contributed by atoms with Crippen molar-refractivity contribution in [3.63, 3.8) is 0 Å². The molecule has 0 spiro atoms. The van der Waals surface area contributed by atoms with Crippen LogP contribution in [-0.2, 0) is 6.42 Å². The SMILES string of the molecule is CN(C)CCCCNC1CCc2c(O)cccc21. The highest BCUT2D eigenvalue weighted by molar-refractivity contribution is 5.44. The van der Waals surface area contributed by atoms with Crippen molar-refractivity contribution in [3.05, 3.63) is 29.3 Å². The lowest BCUT2D eigenvalue weighted by Crippen LogP contribution is -2.21. The Balaban J connectivity index is 1.78. The van der Waals surface area contributed by atoms with E-state index in [0.29, 0.717) is 11.8 Å². The fourth-order valence-electron chi connectivity index (χ4n) is 2.68. The molecular formula is C15H24N2O. The summed E-state index contributed by atoms with van der Waals surface area (Å²) in [5, 5.41) is 13.4. The van der Waals surface area contributed by atoms with E-state index in [9.17, 15) is 5.11 Å². The van der Waals surface area contributed by atoms with Crippen LogP contribution in [0.4, 0.5) is 0 Å². The summed E-state index contributed by atoms with van der Waals surface area (Å²) in [5.41, 5.74) is 2.44. The molecule has 0 saturated carbocycles. The molecule has 1 atom stereocenters. The second-order valence-electron chi connectivity index (χ2n) is 5.40. The third-order valence-electron chi connectivity index (χ3n) is 3.67. The van der Waals surface area contributed by atoms with Gasteiger partial charge in [-0.1, -0.05) is 12.1 Å². The van der Waals surface area contributed by atoms with Crippen molar-refractivity contribution < 1.29 is 5.11 Å². The number of benzene rings is 1. The van der Waals surface area contributed by atoms with E-state index in [1.54, 1.807) is 6.07 Å². The zero-order valence-electron chi connectivity index (χ0n) is 11.4. The lowest BCUT2D eigenvalue weighted by atomic mass is 10.1. The van der Waals surface area contributed by atoms with Crippen LogP contribution in [-0.4, -0.2) is 37.2 Å². The average Bonchev–Trinajstić information content (AvgIpc) is 2.73. The van der Waals surface area contributed by atoms with Gasteiger partial charge in [-0.05, 0) is 70.1 Å². The van der Waals surface area contributed by atoms with Crippen LogP contribution in [0.1, 0.15) is 36.4 Å². The molecule has 0 saturated heterocycles. The van der Waals surface area contributed by atoms with E-state index in [0.717, 1.165) is 31.5 Å². The summed E-state index contributed by atoms with van der Waals surface area (Å²) < 4.78 is 0. The predicted octanol–water partition coefficient (Wildman–Crippen LogP) is 2.31. The van der Waals surface area contributed by atoms with E-state index in [2.05, 4.69) is 30.4 Å². The molecule has 1 aliphatic rings. The van der Waals surface area contributed by atoms with Crippen molar-refractivity contribution in [1.82, 2.24) is 10.2 Å². The molecule has 1 aromatic rings. The van der Waals surface area contributed by atoms with Crippen molar-refractivity contribution >= 4 is 0 Å². The van der Waals surface area contributed by atoms with E-state index in [4.69, 9.17) is 0 Å². The van der Waals surface area contributed by atoms with E-state index in [1.807, 2.05) is 6.07 Å². The van der Waals surface area contributed by atoms with Crippen LogP contribution >= 0.6 is 0 Å². The Morgan fingerprint density at radius 2 is 2.17 bits per heavy atom. The third-order valence-corrected chi connectivity index (χ3v) is 3.67. The maximum atomic E-state index is 9.79. The summed E-state index contributed by atoms with van der Waals surface area (Å²) >= 11 is 0. The van der Waals surface area contributed by atoms with E-state index in [-0.39, 0.29) is 0 Å². The lowest BCUT2D eigenvalue weighted by Gasteiger charge is -2.15. The summed E-state index contributed by atoms with van der Waals surface area (Å²) in [7, 11) is 4.23. The number of hydrogen-bond acceptors (Lipinski definition) is 3. The van der Waals surface area contributed by atoms with Gasteiger partial charge in [0.05, 0.1) is 0 Å². The number of fused-ring (bicyclic) bond motifs is 1. The molecular weight excluding hydrogens is 224 g/mol.